The summed E-state index contributed by atoms with van der Waals surface area (Å²) in [6.07, 6.45) is 8.43. The van der Waals surface area contributed by atoms with Crippen LogP contribution in [-0.4, -0.2) is 81.8 Å². The number of ether oxygens (including phenoxy) is 2. The Morgan fingerprint density at radius 3 is 2.42 bits per heavy atom. The summed E-state index contributed by atoms with van der Waals surface area (Å²) in [5.74, 6) is -2.29. The van der Waals surface area contributed by atoms with Crippen LogP contribution < -0.4 is 0 Å². The van der Waals surface area contributed by atoms with Crippen LogP contribution in [0.15, 0.2) is 25.3 Å². The normalized spacial score (nSPS) is 29.4. The van der Waals surface area contributed by atoms with Crippen molar-refractivity contribution in [1.29, 1.82) is 0 Å². The summed E-state index contributed by atoms with van der Waals surface area (Å²) in [7, 11) is 0. The molecule has 3 aliphatic rings. The second-order valence-corrected chi connectivity index (χ2v) is 13.7. The van der Waals surface area contributed by atoms with Gasteiger partial charge in [0, 0.05) is 25.2 Å². The lowest BCUT2D eigenvalue weighted by molar-refractivity contribution is -0.163. The zero-order valence-corrected chi connectivity index (χ0v) is 25.7. The Morgan fingerprint density at radius 2 is 1.85 bits per heavy atom. The Labute approximate surface area is 241 Å². The van der Waals surface area contributed by atoms with Gasteiger partial charge < -0.3 is 24.4 Å². The molecule has 0 saturated carbocycles. The van der Waals surface area contributed by atoms with Crippen LogP contribution in [0.4, 0.5) is 0 Å². The number of likely N-dealkylation sites (tertiary alicyclic amines) is 1. The van der Waals surface area contributed by atoms with E-state index >= 15 is 0 Å². The highest BCUT2D eigenvalue weighted by molar-refractivity contribution is 5.98. The van der Waals surface area contributed by atoms with E-state index in [-0.39, 0.29) is 30.4 Å². The molecule has 3 heterocycles. The Morgan fingerprint density at radius 1 is 1.15 bits per heavy atom. The molecule has 3 saturated heterocycles. The van der Waals surface area contributed by atoms with Gasteiger partial charge in [0.1, 0.15) is 17.6 Å². The third-order valence-electron chi connectivity index (χ3n) is 9.06. The summed E-state index contributed by atoms with van der Waals surface area (Å²) in [5, 5.41) is 9.29. The molecule has 2 bridgehead atoms. The highest BCUT2D eigenvalue weighted by Crippen LogP contribution is 2.64. The van der Waals surface area contributed by atoms with Crippen molar-refractivity contribution in [2.75, 3.05) is 26.3 Å². The first-order chi connectivity index (χ1) is 18.7. The van der Waals surface area contributed by atoms with Crippen LogP contribution in [0.3, 0.4) is 0 Å². The van der Waals surface area contributed by atoms with Gasteiger partial charge >= 0.3 is 5.97 Å². The number of fused-ring (bicyclic) bond motifs is 1. The third-order valence-corrected chi connectivity index (χ3v) is 9.06. The first kappa shape index (κ1) is 32.3. The quantitative estimate of drug-likeness (QED) is 0.178. The van der Waals surface area contributed by atoms with Gasteiger partial charge in [0.15, 0.2) is 0 Å². The third kappa shape index (κ3) is 5.89. The minimum Gasteiger partial charge on any atom is -0.465 e. The summed E-state index contributed by atoms with van der Waals surface area (Å²) in [5.41, 5.74) is -2.45. The molecule has 226 valence electrons. The lowest BCUT2D eigenvalue weighted by atomic mass is 9.65. The number of hydrogen-bond donors (Lipinski definition) is 1. The summed E-state index contributed by atoms with van der Waals surface area (Å²) < 4.78 is 12.5. The van der Waals surface area contributed by atoms with Gasteiger partial charge in [-0.1, -0.05) is 39.8 Å². The van der Waals surface area contributed by atoms with E-state index in [1.807, 2.05) is 11.8 Å². The lowest BCUT2D eigenvalue weighted by Crippen LogP contribution is -2.61. The zero-order chi connectivity index (χ0) is 29.9. The summed E-state index contributed by atoms with van der Waals surface area (Å²) in [6.45, 7) is 21.2. The van der Waals surface area contributed by atoms with Crippen LogP contribution in [0.1, 0.15) is 92.9 Å². The fourth-order valence-electron chi connectivity index (χ4n) is 7.81. The molecule has 0 aromatic rings. The van der Waals surface area contributed by atoms with Crippen molar-refractivity contribution < 1.29 is 29.0 Å². The highest BCUT2D eigenvalue weighted by Gasteiger charge is 2.79. The van der Waals surface area contributed by atoms with Crippen LogP contribution in [-0.2, 0) is 23.9 Å². The van der Waals surface area contributed by atoms with E-state index in [4.69, 9.17) is 9.47 Å². The number of carbonyl (C=O) groups is 3. The second kappa shape index (κ2) is 12.4. The molecular formula is C32H52N2O6. The number of nitrogens with zero attached hydrogens (tertiary/aromatic N) is 2. The molecule has 0 aromatic carbocycles. The Balaban J connectivity index is 2.07. The van der Waals surface area contributed by atoms with Gasteiger partial charge in [0.25, 0.3) is 0 Å². The van der Waals surface area contributed by atoms with Crippen molar-refractivity contribution in [3.05, 3.63) is 25.3 Å². The first-order valence-electron chi connectivity index (χ1n) is 15.1. The molecule has 0 aliphatic carbocycles. The summed E-state index contributed by atoms with van der Waals surface area (Å²) in [6, 6.07) is -0.835. The average Bonchev–Trinajstić information content (AvgIpc) is 3.47. The van der Waals surface area contributed by atoms with E-state index in [2.05, 4.69) is 47.8 Å². The van der Waals surface area contributed by atoms with Gasteiger partial charge in [0.05, 0.1) is 18.1 Å². The Hall–Kier alpha value is -2.19. The largest absolute Gasteiger partial charge is 0.465 e. The van der Waals surface area contributed by atoms with Gasteiger partial charge in [-0.05, 0) is 70.6 Å². The number of unbranched alkanes of at least 4 members (excludes halogenated alkanes) is 2. The predicted molar refractivity (Wildman–Crippen MR) is 155 cm³/mol. The van der Waals surface area contributed by atoms with Crippen molar-refractivity contribution in [1.82, 2.24) is 9.80 Å². The SMILES string of the molecule is C=CCCOC(=O)[C@@H]1[C@H]2C(=O)N(CCCCCO)C(C(=O)N(CC=C)C(C)(C)CC(C)(C)C)C23CC[C@@]1(CC)O3. The minimum atomic E-state index is -1.08. The van der Waals surface area contributed by atoms with E-state index in [0.717, 1.165) is 12.8 Å². The van der Waals surface area contributed by atoms with Crippen LogP contribution in [0.5, 0.6) is 0 Å². The Bertz CT molecular complexity index is 971. The average molecular weight is 561 g/mol. The first-order valence-corrected chi connectivity index (χ1v) is 15.1. The van der Waals surface area contributed by atoms with Crippen LogP contribution in [0, 0.1) is 17.3 Å². The highest BCUT2D eigenvalue weighted by atomic mass is 16.6. The van der Waals surface area contributed by atoms with Gasteiger partial charge in [-0.25, -0.2) is 0 Å². The van der Waals surface area contributed by atoms with Crippen LogP contribution >= 0.6 is 0 Å². The molecule has 0 radical (unpaired) electrons. The number of rotatable bonds is 15. The van der Waals surface area contributed by atoms with E-state index in [9.17, 15) is 19.5 Å². The van der Waals surface area contributed by atoms with E-state index in [1.165, 1.54) is 0 Å². The molecule has 40 heavy (non-hydrogen) atoms. The molecule has 3 fully saturated rings. The molecule has 8 heteroatoms. The molecule has 3 rings (SSSR count). The number of aliphatic hydroxyl groups is 1. The maximum atomic E-state index is 14.8. The number of esters is 1. The molecule has 1 spiro atoms. The number of hydrogen-bond acceptors (Lipinski definition) is 6. The topological polar surface area (TPSA) is 96.4 Å². The maximum absolute atomic E-state index is 14.8. The molecule has 1 N–H and O–H groups in total. The van der Waals surface area contributed by atoms with Crippen LogP contribution in [0.25, 0.3) is 0 Å². The molecule has 8 nitrogen and oxygen atoms in total. The van der Waals surface area contributed by atoms with E-state index < -0.39 is 40.6 Å². The monoisotopic (exact) mass is 560 g/mol. The molecule has 5 atom stereocenters. The van der Waals surface area contributed by atoms with E-state index in [0.29, 0.717) is 51.6 Å². The van der Waals surface area contributed by atoms with Crippen LogP contribution in [0.2, 0.25) is 0 Å². The minimum absolute atomic E-state index is 0.0334. The molecule has 2 amide bonds. The summed E-state index contributed by atoms with van der Waals surface area (Å²) >= 11 is 0. The number of carbonyl (C=O) groups excluding carboxylic acids is 3. The second-order valence-electron chi connectivity index (χ2n) is 13.7. The van der Waals surface area contributed by atoms with Crippen molar-refractivity contribution in [2.24, 2.45) is 17.3 Å². The number of aliphatic hydroxyl groups excluding tert-OH is 1. The zero-order valence-electron chi connectivity index (χ0n) is 25.7. The van der Waals surface area contributed by atoms with Crippen molar-refractivity contribution in [3.8, 4) is 0 Å². The van der Waals surface area contributed by atoms with Gasteiger partial charge in [-0.2, -0.15) is 0 Å². The Kier molecular flexibility index (Phi) is 9.99. The van der Waals surface area contributed by atoms with Gasteiger partial charge in [-0.3, -0.25) is 14.4 Å². The molecule has 3 aliphatic heterocycles. The summed E-state index contributed by atoms with van der Waals surface area (Å²) in [4.78, 5) is 46.1. The lowest BCUT2D eigenvalue weighted by Gasteiger charge is -2.45. The fourth-order valence-corrected chi connectivity index (χ4v) is 7.81. The smallest absolute Gasteiger partial charge is 0.312 e. The van der Waals surface area contributed by atoms with Gasteiger partial charge in [-0.15, -0.1) is 13.2 Å². The van der Waals surface area contributed by atoms with Crippen molar-refractivity contribution >= 4 is 17.8 Å². The fraction of sp³-hybridized carbons (Fsp3) is 0.781. The standard InChI is InChI=1S/C32H52N2O6/c1-9-12-21-39-28(38)24-23-26(36)33(19-14-13-15-20-35)25(32(23)17-16-31(24,11-3)40-32)27(37)34(18-10-2)30(7,8)22-29(4,5)6/h9-10,23-25,35H,1-2,11-22H2,3-8H3/t23-,24-,25?,31+,32?/m0/s1. The van der Waals surface area contributed by atoms with E-state index in [1.54, 1.807) is 17.1 Å². The molecule has 2 unspecified atom stereocenters. The molecular weight excluding hydrogens is 508 g/mol. The predicted octanol–water partition coefficient (Wildman–Crippen LogP) is 4.65. The number of amides is 2. The van der Waals surface area contributed by atoms with Gasteiger partial charge in [0.2, 0.25) is 11.8 Å². The molecule has 0 aromatic heterocycles. The van der Waals surface area contributed by atoms with Crippen molar-refractivity contribution in [2.45, 2.75) is 116 Å². The van der Waals surface area contributed by atoms with Crippen molar-refractivity contribution in [3.63, 3.8) is 0 Å². The maximum Gasteiger partial charge on any atom is 0.312 e.